The van der Waals surface area contributed by atoms with Gasteiger partial charge in [0, 0.05) is 40.3 Å². The summed E-state index contributed by atoms with van der Waals surface area (Å²) in [6.45, 7) is -1.53. The maximum absolute atomic E-state index is 14.1. The maximum atomic E-state index is 14.1. The van der Waals surface area contributed by atoms with Gasteiger partial charge in [0.15, 0.2) is 0 Å². The van der Waals surface area contributed by atoms with Gasteiger partial charge in [0.2, 0.25) is 0 Å². The summed E-state index contributed by atoms with van der Waals surface area (Å²) in [5.74, 6) is -1.01. The molecule has 0 fully saturated rings. The molecule has 0 aromatic heterocycles. The molecule has 2 aromatic carbocycles. The molecule has 1 atom stereocenters. The Morgan fingerprint density at radius 2 is 1.73 bits per heavy atom. The lowest BCUT2D eigenvalue weighted by molar-refractivity contribution is -0.275. The van der Waals surface area contributed by atoms with Crippen LogP contribution in [0.5, 0.6) is 0 Å². The number of carbonyl (C=O) groups is 1. The number of nitrogens with zero attached hydrogens (tertiary/aromatic N) is 1. The average molecular weight is 514 g/mol. The third-order valence-electron chi connectivity index (χ3n) is 4.83. The lowest BCUT2D eigenvalue weighted by Gasteiger charge is -2.29. The molecular weight excluding hydrogens is 499 g/mol. The summed E-state index contributed by atoms with van der Waals surface area (Å²) < 4.78 is 79.4. The second kappa shape index (κ2) is 8.94. The number of rotatable bonds is 5. The van der Waals surface area contributed by atoms with Crippen molar-refractivity contribution in [2.45, 2.75) is 24.4 Å². The summed E-state index contributed by atoms with van der Waals surface area (Å²) in [5, 5.41) is 7.94. The molecule has 0 radical (unpaired) electrons. The van der Waals surface area contributed by atoms with Crippen LogP contribution in [0.25, 0.3) is 0 Å². The van der Waals surface area contributed by atoms with E-state index in [1.807, 2.05) is 0 Å². The van der Waals surface area contributed by atoms with Crippen LogP contribution in [0.2, 0.25) is 10.0 Å². The van der Waals surface area contributed by atoms with Crippen molar-refractivity contribution >= 4 is 40.5 Å². The van der Waals surface area contributed by atoms with Crippen molar-refractivity contribution in [1.82, 2.24) is 5.32 Å². The van der Waals surface area contributed by atoms with Gasteiger partial charge in [-0.25, -0.2) is 0 Å². The average Bonchev–Trinajstić information content (AvgIpc) is 3.17. The Hall–Kier alpha value is -2.66. The first kappa shape index (κ1) is 25.0. The molecule has 0 saturated carbocycles. The molecule has 1 aliphatic rings. The van der Waals surface area contributed by atoms with Crippen molar-refractivity contribution < 1.29 is 36.0 Å². The van der Waals surface area contributed by atoms with Gasteiger partial charge < -0.3 is 15.5 Å². The molecule has 178 valence electrons. The zero-order valence-corrected chi connectivity index (χ0v) is 18.2. The number of benzene rings is 2. The Kier molecular flexibility index (Phi) is 6.77. The van der Waals surface area contributed by atoms with Gasteiger partial charge in [0.05, 0.1) is 11.3 Å². The molecule has 1 heterocycles. The topological polar surface area (TPSA) is 62.7 Å². The molecule has 3 rings (SSSR count). The second-order valence-corrected chi connectivity index (χ2v) is 7.97. The molecule has 0 saturated heterocycles. The zero-order chi connectivity index (χ0) is 24.6. The number of hydrogen-bond donors (Lipinski definition) is 2. The van der Waals surface area contributed by atoms with E-state index in [1.54, 1.807) is 5.32 Å². The number of oxime groups is 1. The van der Waals surface area contributed by atoms with Gasteiger partial charge in [-0.05, 0) is 30.3 Å². The van der Waals surface area contributed by atoms with Crippen LogP contribution >= 0.6 is 23.2 Å². The quantitative estimate of drug-likeness (QED) is 0.488. The molecule has 1 unspecified atom stereocenters. The molecule has 2 N–H and O–H groups in total. The normalized spacial score (nSPS) is 18.5. The van der Waals surface area contributed by atoms with Crippen LogP contribution in [0.15, 0.2) is 41.6 Å². The Labute approximate surface area is 193 Å². The van der Waals surface area contributed by atoms with E-state index in [9.17, 15) is 31.1 Å². The van der Waals surface area contributed by atoms with E-state index in [0.717, 1.165) is 12.1 Å². The van der Waals surface area contributed by atoms with Crippen molar-refractivity contribution in [3.8, 4) is 0 Å². The van der Waals surface area contributed by atoms with E-state index in [4.69, 9.17) is 28.0 Å². The fourth-order valence-corrected chi connectivity index (χ4v) is 3.78. The molecule has 1 amide bonds. The van der Waals surface area contributed by atoms with Gasteiger partial charge in [0.25, 0.3) is 11.5 Å². The predicted octanol–water partition coefficient (Wildman–Crippen LogP) is 5.91. The number of alkyl halides is 6. The highest BCUT2D eigenvalue weighted by atomic mass is 35.5. The number of hydrogen-bond acceptors (Lipinski definition) is 4. The molecule has 33 heavy (non-hydrogen) atoms. The number of amides is 1. The van der Waals surface area contributed by atoms with Crippen LogP contribution in [0.1, 0.15) is 27.9 Å². The predicted molar refractivity (Wildman–Crippen MR) is 111 cm³/mol. The van der Waals surface area contributed by atoms with E-state index in [1.165, 1.54) is 31.3 Å². The first-order chi connectivity index (χ1) is 15.3. The van der Waals surface area contributed by atoms with Crippen LogP contribution in [-0.2, 0) is 10.4 Å². The minimum atomic E-state index is -4.89. The van der Waals surface area contributed by atoms with Crippen LogP contribution in [0.4, 0.5) is 32.0 Å². The van der Waals surface area contributed by atoms with Crippen LogP contribution in [0.3, 0.4) is 0 Å². The van der Waals surface area contributed by atoms with Gasteiger partial charge in [-0.3, -0.25) is 4.79 Å². The Morgan fingerprint density at radius 1 is 1.09 bits per heavy atom. The van der Waals surface area contributed by atoms with Gasteiger partial charge >= 0.3 is 12.4 Å². The molecule has 5 nitrogen and oxygen atoms in total. The van der Waals surface area contributed by atoms with E-state index >= 15 is 0 Å². The first-order valence-corrected chi connectivity index (χ1v) is 9.97. The van der Waals surface area contributed by atoms with Gasteiger partial charge in [-0.2, -0.15) is 26.3 Å². The lowest BCUT2D eigenvalue weighted by atomic mass is 9.86. The highest BCUT2D eigenvalue weighted by Gasteiger charge is 2.62. The van der Waals surface area contributed by atoms with Crippen molar-refractivity contribution in [3.05, 3.63) is 63.1 Å². The summed E-state index contributed by atoms with van der Waals surface area (Å²) in [6, 6.07) is 7.17. The molecular formula is C20H15Cl2F6N3O2. The van der Waals surface area contributed by atoms with Crippen molar-refractivity contribution in [1.29, 1.82) is 0 Å². The molecule has 0 bridgehead atoms. The third-order valence-corrected chi connectivity index (χ3v) is 5.27. The smallest absolute Gasteiger partial charge is 0.387 e. The Bertz CT molecular complexity index is 1080. The standard InChI is InChI=1S/C20H15Cl2F6N3O2/c1-29-15-4-10(2-3-14(15)17(32)30-9-19(23,24)25)16-8-18(33-31-16,20(26,27)28)11-5-12(21)7-13(22)6-11/h2-7,29H,8-9H2,1H3,(H,30,32). The van der Waals surface area contributed by atoms with Gasteiger partial charge in [0.1, 0.15) is 6.54 Å². The molecule has 13 heteroatoms. The van der Waals surface area contributed by atoms with Crippen molar-refractivity contribution in [2.75, 3.05) is 18.9 Å². The van der Waals surface area contributed by atoms with Crippen LogP contribution < -0.4 is 10.6 Å². The number of anilines is 1. The van der Waals surface area contributed by atoms with E-state index in [0.29, 0.717) is 0 Å². The molecule has 1 aliphatic heterocycles. The fourth-order valence-electron chi connectivity index (χ4n) is 3.25. The highest BCUT2D eigenvalue weighted by molar-refractivity contribution is 6.34. The van der Waals surface area contributed by atoms with Gasteiger partial charge in [-0.15, -0.1) is 0 Å². The SMILES string of the molecule is CNc1cc(C2=NOC(c3cc(Cl)cc(Cl)c3)(C(F)(F)F)C2)ccc1C(=O)NCC(F)(F)F. The van der Waals surface area contributed by atoms with Crippen LogP contribution in [0, 0.1) is 0 Å². The Balaban J connectivity index is 1.92. The second-order valence-electron chi connectivity index (χ2n) is 7.10. The lowest BCUT2D eigenvalue weighted by Crippen LogP contribution is -2.42. The van der Waals surface area contributed by atoms with E-state index < -0.39 is 36.8 Å². The summed E-state index contributed by atoms with van der Waals surface area (Å²) in [7, 11) is 1.40. The number of halogens is 8. The minimum absolute atomic E-state index is 0.0233. The fraction of sp³-hybridized carbons (Fsp3) is 0.300. The molecule has 0 spiro atoms. The van der Waals surface area contributed by atoms with E-state index in [-0.39, 0.29) is 38.1 Å². The van der Waals surface area contributed by atoms with Crippen LogP contribution in [-0.4, -0.2) is 37.6 Å². The summed E-state index contributed by atoms with van der Waals surface area (Å²) in [6.07, 6.45) is -10.2. The highest BCUT2D eigenvalue weighted by Crippen LogP contribution is 2.49. The molecule has 0 aliphatic carbocycles. The van der Waals surface area contributed by atoms with Crippen molar-refractivity contribution in [3.63, 3.8) is 0 Å². The Morgan fingerprint density at radius 3 is 2.27 bits per heavy atom. The third kappa shape index (κ3) is 5.30. The number of nitrogens with one attached hydrogen (secondary N) is 2. The van der Waals surface area contributed by atoms with E-state index in [2.05, 4.69) is 10.5 Å². The van der Waals surface area contributed by atoms with Gasteiger partial charge in [-0.1, -0.05) is 34.4 Å². The minimum Gasteiger partial charge on any atom is -0.387 e. The zero-order valence-electron chi connectivity index (χ0n) is 16.7. The summed E-state index contributed by atoms with van der Waals surface area (Å²) in [4.78, 5) is 17.0. The summed E-state index contributed by atoms with van der Waals surface area (Å²) >= 11 is 11.7. The molecule has 2 aromatic rings. The largest absolute Gasteiger partial charge is 0.435 e. The van der Waals surface area contributed by atoms with Crippen molar-refractivity contribution in [2.24, 2.45) is 5.16 Å². The maximum Gasteiger partial charge on any atom is 0.435 e. The summed E-state index contributed by atoms with van der Waals surface area (Å²) in [5.41, 5.74) is -3.16. The first-order valence-electron chi connectivity index (χ1n) is 9.21. The monoisotopic (exact) mass is 513 g/mol. The number of carbonyl (C=O) groups excluding carboxylic acids is 1.